The van der Waals surface area contributed by atoms with Gasteiger partial charge in [-0.2, -0.15) is 5.10 Å². The smallest absolute Gasteiger partial charge is 0.276 e. The molecule has 0 aliphatic carbocycles. The van der Waals surface area contributed by atoms with Gasteiger partial charge in [-0.3, -0.25) is 14.4 Å². The van der Waals surface area contributed by atoms with Crippen LogP contribution in [0.3, 0.4) is 0 Å². The van der Waals surface area contributed by atoms with Crippen molar-refractivity contribution >= 4 is 29.3 Å². The summed E-state index contributed by atoms with van der Waals surface area (Å²) >= 11 is 5.25. The Balaban J connectivity index is 1.78. The van der Waals surface area contributed by atoms with E-state index < -0.39 is 0 Å². The lowest BCUT2D eigenvalue weighted by atomic mass is 10.3. The molecule has 1 amide bonds. The monoisotopic (exact) mass is 316 g/mol. The third-order valence-electron chi connectivity index (χ3n) is 3.36. The Morgan fingerprint density at radius 1 is 1.45 bits per heavy atom. The summed E-state index contributed by atoms with van der Waals surface area (Å²) in [6.45, 7) is 5.06. The number of thiocarbonyl (C=S) groups is 1. The number of amides is 1. The molecule has 1 saturated heterocycles. The maximum atomic E-state index is 12.4. The summed E-state index contributed by atoms with van der Waals surface area (Å²) in [5, 5.41) is 7.53. The maximum Gasteiger partial charge on any atom is 0.276 e. The average Bonchev–Trinajstić information content (AvgIpc) is 3.17. The zero-order chi connectivity index (χ0) is 15.7. The maximum absolute atomic E-state index is 12.4. The molecule has 0 atom stereocenters. The van der Waals surface area contributed by atoms with Gasteiger partial charge in [-0.25, -0.2) is 0 Å². The van der Waals surface area contributed by atoms with Crippen LogP contribution < -0.4 is 5.32 Å². The van der Waals surface area contributed by atoms with Crippen LogP contribution in [0.4, 0.5) is 0 Å². The van der Waals surface area contributed by atoms with E-state index in [4.69, 9.17) is 16.6 Å². The first-order valence-electron chi connectivity index (χ1n) is 6.99. The lowest BCUT2D eigenvalue weighted by Crippen LogP contribution is -2.29. The van der Waals surface area contributed by atoms with Crippen LogP contribution >= 0.6 is 12.2 Å². The molecule has 7 heteroatoms. The number of aromatic nitrogens is 2. The second-order valence-electron chi connectivity index (χ2n) is 5.03. The van der Waals surface area contributed by atoms with Gasteiger partial charge < -0.3 is 9.73 Å². The molecule has 0 spiro atoms. The molecule has 2 aromatic heterocycles. The number of nitrogens with zero attached hydrogens (tertiary/aromatic N) is 3. The summed E-state index contributed by atoms with van der Waals surface area (Å²) in [6.07, 6.45) is 5.32. The summed E-state index contributed by atoms with van der Waals surface area (Å²) in [4.78, 5) is 14.0. The predicted molar refractivity (Wildman–Crippen MR) is 85.6 cm³/mol. The second kappa shape index (κ2) is 5.76. The topological polar surface area (TPSA) is 63.3 Å². The minimum Gasteiger partial charge on any atom is -0.462 e. The molecule has 0 aromatic carbocycles. The van der Waals surface area contributed by atoms with Crippen LogP contribution in [0.25, 0.3) is 6.08 Å². The van der Waals surface area contributed by atoms with Crippen LogP contribution in [0.15, 0.2) is 34.6 Å². The van der Waals surface area contributed by atoms with Gasteiger partial charge in [0.05, 0.1) is 12.7 Å². The Morgan fingerprint density at radius 3 is 2.91 bits per heavy atom. The first kappa shape index (κ1) is 14.5. The molecule has 1 fully saturated rings. The number of hydrogen-bond acceptors (Lipinski definition) is 4. The van der Waals surface area contributed by atoms with Crippen molar-refractivity contribution in [3.63, 3.8) is 0 Å². The highest BCUT2D eigenvalue weighted by Crippen LogP contribution is 2.18. The molecular formula is C15H16N4O2S. The van der Waals surface area contributed by atoms with Crippen molar-refractivity contribution in [1.29, 1.82) is 0 Å². The van der Waals surface area contributed by atoms with Gasteiger partial charge in [0.2, 0.25) is 0 Å². The molecule has 0 radical (unpaired) electrons. The fourth-order valence-corrected chi connectivity index (χ4v) is 2.49. The van der Waals surface area contributed by atoms with Crippen LogP contribution in [0, 0.1) is 6.92 Å². The van der Waals surface area contributed by atoms with Crippen molar-refractivity contribution in [3.05, 3.63) is 47.3 Å². The molecule has 6 nitrogen and oxygen atoms in total. The molecular weight excluding hydrogens is 300 g/mol. The van der Waals surface area contributed by atoms with Gasteiger partial charge >= 0.3 is 0 Å². The second-order valence-corrected chi connectivity index (χ2v) is 5.42. The molecule has 22 heavy (non-hydrogen) atoms. The Morgan fingerprint density at radius 2 is 2.27 bits per heavy atom. The van der Waals surface area contributed by atoms with E-state index in [1.54, 1.807) is 12.3 Å². The van der Waals surface area contributed by atoms with Crippen LogP contribution in [0.2, 0.25) is 0 Å². The first-order chi connectivity index (χ1) is 10.6. The SMILES string of the molecule is CCn1cc(CN2C(=O)/C(=C\c3ccc(C)o3)NC2=S)cn1. The third-order valence-corrected chi connectivity index (χ3v) is 3.68. The highest BCUT2D eigenvalue weighted by Gasteiger charge is 2.31. The summed E-state index contributed by atoms with van der Waals surface area (Å²) in [7, 11) is 0. The van der Waals surface area contributed by atoms with Crippen LogP contribution in [-0.2, 0) is 17.9 Å². The van der Waals surface area contributed by atoms with Gasteiger partial charge in [-0.15, -0.1) is 0 Å². The van der Waals surface area contributed by atoms with Gasteiger partial charge in [0.15, 0.2) is 5.11 Å². The zero-order valence-corrected chi connectivity index (χ0v) is 13.2. The first-order valence-corrected chi connectivity index (χ1v) is 7.40. The van der Waals surface area contributed by atoms with E-state index in [2.05, 4.69) is 10.4 Å². The molecule has 1 aliphatic rings. The lowest BCUT2D eigenvalue weighted by molar-refractivity contribution is -0.122. The number of carbonyl (C=O) groups is 1. The van der Waals surface area contributed by atoms with Gasteiger partial charge in [-0.1, -0.05) is 0 Å². The molecule has 0 saturated carbocycles. The largest absolute Gasteiger partial charge is 0.462 e. The molecule has 114 valence electrons. The van der Waals surface area contributed by atoms with Gasteiger partial charge in [-0.05, 0) is 38.2 Å². The number of rotatable bonds is 4. The van der Waals surface area contributed by atoms with Crippen molar-refractivity contribution in [1.82, 2.24) is 20.0 Å². The molecule has 2 aromatic rings. The number of carbonyl (C=O) groups excluding carboxylic acids is 1. The molecule has 3 rings (SSSR count). The van der Waals surface area contributed by atoms with Crippen molar-refractivity contribution in [2.24, 2.45) is 0 Å². The fourth-order valence-electron chi connectivity index (χ4n) is 2.23. The summed E-state index contributed by atoms with van der Waals surface area (Å²) in [6, 6.07) is 3.66. The summed E-state index contributed by atoms with van der Waals surface area (Å²) in [5.74, 6) is 1.25. The predicted octanol–water partition coefficient (Wildman–Crippen LogP) is 2.06. The highest BCUT2D eigenvalue weighted by atomic mass is 32.1. The highest BCUT2D eigenvalue weighted by molar-refractivity contribution is 7.80. The molecule has 1 aliphatic heterocycles. The Hall–Kier alpha value is -2.41. The zero-order valence-electron chi connectivity index (χ0n) is 12.4. The van der Waals surface area contributed by atoms with E-state index in [1.165, 1.54) is 4.90 Å². The Kier molecular flexibility index (Phi) is 3.81. The van der Waals surface area contributed by atoms with E-state index in [-0.39, 0.29) is 5.91 Å². The quantitative estimate of drug-likeness (QED) is 0.691. The van der Waals surface area contributed by atoms with E-state index in [0.29, 0.717) is 23.1 Å². The number of nitrogens with one attached hydrogen (secondary N) is 1. The van der Waals surface area contributed by atoms with E-state index >= 15 is 0 Å². The van der Waals surface area contributed by atoms with Gasteiger partial charge in [0.25, 0.3) is 5.91 Å². The van der Waals surface area contributed by atoms with E-state index in [0.717, 1.165) is 17.9 Å². The van der Waals surface area contributed by atoms with E-state index in [1.807, 2.05) is 36.9 Å². The Bertz CT molecular complexity index is 759. The fraction of sp³-hybridized carbons (Fsp3) is 0.267. The van der Waals surface area contributed by atoms with Gasteiger partial charge in [0.1, 0.15) is 17.2 Å². The molecule has 1 N–H and O–H groups in total. The molecule has 0 unspecified atom stereocenters. The summed E-state index contributed by atoms with van der Waals surface area (Å²) < 4.78 is 7.27. The normalized spacial score (nSPS) is 16.6. The van der Waals surface area contributed by atoms with Crippen molar-refractivity contribution in [2.75, 3.05) is 0 Å². The van der Waals surface area contributed by atoms with E-state index in [9.17, 15) is 4.79 Å². The number of hydrogen-bond donors (Lipinski definition) is 1. The minimum atomic E-state index is -0.164. The standard InChI is InChI=1S/C15H16N4O2S/c1-3-18-8-11(7-16-18)9-19-14(20)13(17-15(19)22)6-12-5-4-10(2)21-12/h4-8H,3,9H2,1-2H3,(H,17,22)/b13-6+. The number of furan rings is 1. The Labute approximate surface area is 133 Å². The average molecular weight is 316 g/mol. The van der Waals surface area contributed by atoms with Crippen LogP contribution in [0.5, 0.6) is 0 Å². The van der Waals surface area contributed by atoms with Crippen LogP contribution in [0.1, 0.15) is 24.0 Å². The van der Waals surface area contributed by atoms with Gasteiger partial charge in [0, 0.05) is 24.4 Å². The van der Waals surface area contributed by atoms with Crippen molar-refractivity contribution in [2.45, 2.75) is 26.9 Å². The molecule has 0 bridgehead atoms. The summed E-state index contributed by atoms with van der Waals surface area (Å²) in [5.41, 5.74) is 1.36. The van der Waals surface area contributed by atoms with Crippen LogP contribution in [-0.4, -0.2) is 25.7 Å². The lowest BCUT2D eigenvalue weighted by Gasteiger charge is -2.12. The third kappa shape index (κ3) is 2.80. The minimum absolute atomic E-state index is 0.164. The number of aryl methyl sites for hydroxylation is 2. The molecule has 3 heterocycles. The van der Waals surface area contributed by atoms with Crippen molar-refractivity contribution < 1.29 is 9.21 Å². The van der Waals surface area contributed by atoms with Crippen molar-refractivity contribution in [3.8, 4) is 0 Å².